The second-order valence-electron chi connectivity index (χ2n) is 3.85. The zero-order chi connectivity index (χ0) is 11.7. The predicted molar refractivity (Wildman–Crippen MR) is 65.2 cm³/mol. The molecule has 0 bridgehead atoms. The highest BCUT2D eigenvalue weighted by Crippen LogP contribution is 2.27. The van der Waals surface area contributed by atoms with E-state index in [2.05, 4.69) is 10.1 Å². The largest absolute Gasteiger partial charge is 0.384 e. The molecule has 0 saturated heterocycles. The molecule has 0 aliphatic rings. The van der Waals surface area contributed by atoms with Gasteiger partial charge in [-0.25, -0.2) is 4.98 Å². The van der Waals surface area contributed by atoms with Crippen molar-refractivity contribution in [2.45, 2.75) is 0 Å². The minimum absolute atomic E-state index is 0.642. The number of nitrogen functional groups attached to an aromatic ring is 1. The zero-order valence-corrected chi connectivity index (χ0v) is 9.68. The van der Waals surface area contributed by atoms with E-state index in [0.717, 1.165) is 17.1 Å². The van der Waals surface area contributed by atoms with Gasteiger partial charge in [-0.15, -0.1) is 0 Å². The van der Waals surface area contributed by atoms with E-state index in [-0.39, 0.29) is 0 Å². The summed E-state index contributed by atoms with van der Waals surface area (Å²) >= 11 is 0. The van der Waals surface area contributed by atoms with Gasteiger partial charge in [-0.2, -0.15) is 5.10 Å². The highest BCUT2D eigenvalue weighted by molar-refractivity contribution is 5.74. The van der Waals surface area contributed by atoms with Crippen molar-refractivity contribution in [3.8, 4) is 11.3 Å². The van der Waals surface area contributed by atoms with Gasteiger partial charge in [0.15, 0.2) is 0 Å². The summed E-state index contributed by atoms with van der Waals surface area (Å²) in [5, 5.41) is 4.35. The Labute approximate surface area is 94.5 Å². The first-order chi connectivity index (χ1) is 7.59. The molecule has 2 N–H and O–H groups in total. The van der Waals surface area contributed by atoms with Gasteiger partial charge in [-0.3, -0.25) is 4.68 Å². The average Bonchev–Trinajstić information content (AvgIpc) is 2.59. The topological polar surface area (TPSA) is 60.0 Å². The SMILES string of the molecule is CN(C)c1ncccc1-c1cc(N)n(C)n1. The molecule has 0 unspecified atom stereocenters. The Morgan fingerprint density at radius 2 is 2.12 bits per heavy atom. The molecule has 0 amide bonds. The van der Waals surface area contributed by atoms with Gasteiger partial charge in [0.25, 0.3) is 0 Å². The minimum atomic E-state index is 0.642. The molecule has 0 spiro atoms. The van der Waals surface area contributed by atoms with E-state index in [1.807, 2.05) is 44.2 Å². The summed E-state index contributed by atoms with van der Waals surface area (Å²) in [5.41, 5.74) is 7.60. The van der Waals surface area contributed by atoms with E-state index in [0.29, 0.717) is 5.82 Å². The summed E-state index contributed by atoms with van der Waals surface area (Å²) in [7, 11) is 5.74. The van der Waals surface area contributed by atoms with Crippen LogP contribution in [-0.2, 0) is 7.05 Å². The third kappa shape index (κ3) is 1.71. The summed E-state index contributed by atoms with van der Waals surface area (Å²) < 4.78 is 1.65. The Morgan fingerprint density at radius 1 is 1.38 bits per heavy atom. The number of aryl methyl sites for hydroxylation is 1. The van der Waals surface area contributed by atoms with Crippen LogP contribution in [0.5, 0.6) is 0 Å². The van der Waals surface area contributed by atoms with Gasteiger partial charge in [0, 0.05) is 39.0 Å². The van der Waals surface area contributed by atoms with Crippen LogP contribution in [0.3, 0.4) is 0 Å². The molecule has 84 valence electrons. The maximum Gasteiger partial charge on any atom is 0.137 e. The van der Waals surface area contributed by atoms with Crippen molar-refractivity contribution in [1.82, 2.24) is 14.8 Å². The maximum absolute atomic E-state index is 5.77. The third-order valence-electron chi connectivity index (χ3n) is 2.40. The number of nitrogens with two attached hydrogens (primary N) is 1. The van der Waals surface area contributed by atoms with Crippen LogP contribution in [0.4, 0.5) is 11.6 Å². The first kappa shape index (κ1) is 10.5. The van der Waals surface area contributed by atoms with E-state index < -0.39 is 0 Å². The number of hydrogen-bond acceptors (Lipinski definition) is 4. The summed E-state index contributed by atoms with van der Waals surface area (Å²) in [6.45, 7) is 0. The first-order valence-electron chi connectivity index (χ1n) is 5.02. The summed E-state index contributed by atoms with van der Waals surface area (Å²) in [6.07, 6.45) is 1.77. The van der Waals surface area contributed by atoms with Crippen molar-refractivity contribution in [3.63, 3.8) is 0 Å². The summed E-state index contributed by atoms with van der Waals surface area (Å²) in [4.78, 5) is 6.29. The van der Waals surface area contributed by atoms with Crippen LogP contribution in [0.25, 0.3) is 11.3 Å². The molecular formula is C11H15N5. The lowest BCUT2D eigenvalue weighted by molar-refractivity contribution is 0.782. The monoisotopic (exact) mass is 217 g/mol. The van der Waals surface area contributed by atoms with Crippen LogP contribution < -0.4 is 10.6 Å². The van der Waals surface area contributed by atoms with Crippen LogP contribution in [0.15, 0.2) is 24.4 Å². The van der Waals surface area contributed by atoms with Crippen LogP contribution in [0.2, 0.25) is 0 Å². The first-order valence-corrected chi connectivity index (χ1v) is 5.02. The van der Waals surface area contributed by atoms with Gasteiger partial charge >= 0.3 is 0 Å². The van der Waals surface area contributed by atoms with Crippen molar-refractivity contribution in [3.05, 3.63) is 24.4 Å². The van der Waals surface area contributed by atoms with E-state index >= 15 is 0 Å². The third-order valence-corrected chi connectivity index (χ3v) is 2.40. The van der Waals surface area contributed by atoms with Gasteiger partial charge < -0.3 is 10.6 Å². The number of rotatable bonds is 2. The molecule has 0 radical (unpaired) electrons. The Bertz CT molecular complexity index is 481. The predicted octanol–water partition coefficient (Wildman–Crippen LogP) is 1.13. The lowest BCUT2D eigenvalue weighted by Gasteiger charge is -2.14. The van der Waals surface area contributed by atoms with Gasteiger partial charge in [-0.05, 0) is 12.1 Å². The van der Waals surface area contributed by atoms with E-state index in [4.69, 9.17) is 5.73 Å². The fraction of sp³-hybridized carbons (Fsp3) is 0.273. The molecule has 0 fully saturated rings. The molecule has 0 aromatic carbocycles. The zero-order valence-electron chi connectivity index (χ0n) is 9.68. The number of pyridine rings is 1. The molecule has 16 heavy (non-hydrogen) atoms. The number of nitrogens with zero attached hydrogens (tertiary/aromatic N) is 4. The van der Waals surface area contributed by atoms with Gasteiger partial charge in [0.1, 0.15) is 11.6 Å². The molecule has 2 heterocycles. The van der Waals surface area contributed by atoms with Crippen LogP contribution in [0, 0.1) is 0 Å². The van der Waals surface area contributed by atoms with Crippen molar-refractivity contribution in [1.29, 1.82) is 0 Å². The second kappa shape index (κ2) is 3.84. The van der Waals surface area contributed by atoms with Crippen molar-refractivity contribution < 1.29 is 0 Å². The Balaban J connectivity index is 2.55. The standard InChI is InChI=1S/C11H15N5/c1-15(2)11-8(5-4-6-13-11)9-7-10(12)16(3)14-9/h4-7H,12H2,1-3H3. The molecule has 0 saturated carbocycles. The van der Waals surface area contributed by atoms with E-state index in [9.17, 15) is 0 Å². The Morgan fingerprint density at radius 3 is 2.69 bits per heavy atom. The van der Waals surface area contributed by atoms with Crippen molar-refractivity contribution in [2.24, 2.45) is 7.05 Å². The fourth-order valence-corrected chi connectivity index (χ4v) is 1.57. The van der Waals surface area contributed by atoms with Crippen LogP contribution in [-0.4, -0.2) is 28.9 Å². The van der Waals surface area contributed by atoms with Gasteiger partial charge in [-0.1, -0.05) is 0 Å². The second-order valence-corrected chi connectivity index (χ2v) is 3.85. The molecule has 2 rings (SSSR count). The highest BCUT2D eigenvalue weighted by atomic mass is 15.3. The molecule has 0 aliphatic carbocycles. The quantitative estimate of drug-likeness (QED) is 0.819. The Hall–Kier alpha value is -2.04. The van der Waals surface area contributed by atoms with Crippen LogP contribution in [0.1, 0.15) is 0 Å². The number of anilines is 2. The van der Waals surface area contributed by atoms with Gasteiger partial charge in [0.2, 0.25) is 0 Å². The average molecular weight is 217 g/mol. The fourth-order valence-electron chi connectivity index (χ4n) is 1.57. The number of hydrogen-bond donors (Lipinski definition) is 1. The minimum Gasteiger partial charge on any atom is -0.384 e. The lowest BCUT2D eigenvalue weighted by Crippen LogP contribution is -2.11. The summed E-state index contributed by atoms with van der Waals surface area (Å²) in [5.74, 6) is 1.53. The molecule has 2 aromatic rings. The Kier molecular flexibility index (Phi) is 2.52. The summed E-state index contributed by atoms with van der Waals surface area (Å²) in [6, 6.07) is 5.74. The lowest BCUT2D eigenvalue weighted by atomic mass is 10.2. The van der Waals surface area contributed by atoms with Crippen LogP contribution >= 0.6 is 0 Å². The molecule has 2 aromatic heterocycles. The van der Waals surface area contributed by atoms with Crippen molar-refractivity contribution in [2.75, 3.05) is 24.7 Å². The molecule has 5 nitrogen and oxygen atoms in total. The van der Waals surface area contributed by atoms with E-state index in [1.165, 1.54) is 0 Å². The molecular weight excluding hydrogens is 202 g/mol. The maximum atomic E-state index is 5.77. The normalized spacial score (nSPS) is 10.4. The van der Waals surface area contributed by atoms with Crippen molar-refractivity contribution >= 4 is 11.6 Å². The molecule has 0 aliphatic heterocycles. The van der Waals surface area contributed by atoms with Gasteiger partial charge in [0.05, 0.1) is 5.69 Å². The highest BCUT2D eigenvalue weighted by Gasteiger charge is 2.11. The van der Waals surface area contributed by atoms with E-state index in [1.54, 1.807) is 10.9 Å². The molecule has 0 atom stereocenters. The smallest absolute Gasteiger partial charge is 0.137 e. The molecule has 5 heteroatoms. The number of aromatic nitrogens is 3.